The number of aryl methyl sites for hydroxylation is 1. The molecule has 2 N–H and O–H groups in total. The minimum atomic E-state index is -0.460. The Balaban J connectivity index is 1.38. The number of aliphatic hydroxyl groups excluding tert-OH is 1. The average Bonchev–Trinajstić information content (AvgIpc) is 3.13. The molecule has 6 nitrogen and oxygen atoms in total. The number of hydrogen-bond donors (Lipinski definition) is 2. The normalized spacial score (nSPS) is 23.4. The van der Waals surface area contributed by atoms with E-state index in [1.54, 1.807) is 0 Å². The number of piperazine rings is 1. The number of nitrogens with one attached hydrogen (secondary N) is 1. The van der Waals surface area contributed by atoms with Crippen LogP contribution in [0.25, 0.3) is 10.9 Å². The van der Waals surface area contributed by atoms with Gasteiger partial charge in [0.05, 0.1) is 12.0 Å². The number of carbonyl (C=O) groups is 1. The minimum Gasteiger partial charge on any atom is -0.392 e. The first-order valence-corrected chi connectivity index (χ1v) is 10.4. The van der Waals surface area contributed by atoms with Crippen molar-refractivity contribution in [1.29, 1.82) is 0 Å². The Labute approximate surface area is 165 Å². The second kappa shape index (κ2) is 8.05. The first-order chi connectivity index (χ1) is 13.5. The van der Waals surface area contributed by atoms with Gasteiger partial charge in [0.2, 0.25) is 5.91 Å². The van der Waals surface area contributed by atoms with Gasteiger partial charge in [-0.15, -0.1) is 0 Å². The highest BCUT2D eigenvalue weighted by Gasteiger charge is 2.35. The highest BCUT2D eigenvalue weighted by molar-refractivity contribution is 5.80. The summed E-state index contributed by atoms with van der Waals surface area (Å²) in [6.07, 6.45) is 2.78. The summed E-state index contributed by atoms with van der Waals surface area (Å²) in [7, 11) is 0. The molecule has 1 aromatic carbocycles. The molecule has 2 heterocycles. The van der Waals surface area contributed by atoms with Gasteiger partial charge in [-0.1, -0.05) is 19.1 Å². The van der Waals surface area contributed by atoms with Gasteiger partial charge in [0.1, 0.15) is 0 Å². The summed E-state index contributed by atoms with van der Waals surface area (Å²) in [5.74, 6) is -0.0727. The Kier molecular flexibility index (Phi) is 5.51. The summed E-state index contributed by atoms with van der Waals surface area (Å²) < 4.78 is 0. The van der Waals surface area contributed by atoms with Crippen LogP contribution in [0.1, 0.15) is 37.3 Å². The number of nitrogens with zero attached hydrogens (tertiary/aromatic N) is 2. The number of pyridine rings is 1. The van der Waals surface area contributed by atoms with Gasteiger partial charge in [-0.25, -0.2) is 0 Å². The van der Waals surface area contributed by atoms with E-state index in [0.29, 0.717) is 13.1 Å². The van der Waals surface area contributed by atoms with Crippen LogP contribution in [0, 0.1) is 5.92 Å². The molecule has 1 saturated heterocycles. The third-order valence-corrected chi connectivity index (χ3v) is 6.26. The van der Waals surface area contributed by atoms with E-state index in [1.165, 1.54) is 5.56 Å². The van der Waals surface area contributed by atoms with Crippen LogP contribution in [0.5, 0.6) is 0 Å². The summed E-state index contributed by atoms with van der Waals surface area (Å²) in [6, 6.07) is 8.22. The standard InChI is InChI=1S/C22H29N3O3/c1-2-16-13-17-7-6-15(12-19(17)23-21(16)27)14-24-8-10-25(11-9-24)22(28)18-4-3-5-20(18)26/h6-7,12-13,18,20,26H,2-5,8-11,14H2,1H3,(H,23,27). The summed E-state index contributed by atoms with van der Waals surface area (Å²) in [5.41, 5.74) is 2.85. The molecular formula is C22H29N3O3. The molecule has 0 spiro atoms. The van der Waals surface area contributed by atoms with Crippen LogP contribution in [0.4, 0.5) is 0 Å². The lowest BCUT2D eigenvalue weighted by Gasteiger charge is -2.36. The van der Waals surface area contributed by atoms with E-state index in [9.17, 15) is 14.7 Å². The van der Waals surface area contributed by atoms with Crippen molar-refractivity contribution in [2.45, 2.75) is 45.3 Å². The van der Waals surface area contributed by atoms with E-state index in [4.69, 9.17) is 0 Å². The number of aromatic amines is 1. The van der Waals surface area contributed by atoms with Crippen molar-refractivity contribution in [1.82, 2.24) is 14.8 Å². The Morgan fingerprint density at radius 3 is 2.64 bits per heavy atom. The topological polar surface area (TPSA) is 76.6 Å². The van der Waals surface area contributed by atoms with E-state index < -0.39 is 6.10 Å². The van der Waals surface area contributed by atoms with Gasteiger partial charge in [0.15, 0.2) is 0 Å². The maximum Gasteiger partial charge on any atom is 0.251 e. The molecule has 2 fully saturated rings. The number of rotatable bonds is 4. The zero-order chi connectivity index (χ0) is 19.7. The fraction of sp³-hybridized carbons (Fsp3) is 0.545. The van der Waals surface area contributed by atoms with E-state index in [0.717, 1.165) is 61.8 Å². The van der Waals surface area contributed by atoms with Crippen molar-refractivity contribution < 1.29 is 9.90 Å². The van der Waals surface area contributed by atoms with Gasteiger partial charge >= 0.3 is 0 Å². The van der Waals surface area contributed by atoms with E-state index in [1.807, 2.05) is 17.9 Å². The quantitative estimate of drug-likeness (QED) is 0.845. The lowest BCUT2D eigenvalue weighted by Crippen LogP contribution is -2.50. The minimum absolute atomic E-state index is 0.00613. The molecule has 0 bridgehead atoms. The number of benzene rings is 1. The van der Waals surface area contributed by atoms with Crippen LogP contribution in [0.2, 0.25) is 0 Å². The third-order valence-electron chi connectivity index (χ3n) is 6.26. The van der Waals surface area contributed by atoms with Crippen LogP contribution in [0.3, 0.4) is 0 Å². The second-order valence-electron chi connectivity index (χ2n) is 8.11. The van der Waals surface area contributed by atoms with Crippen molar-refractivity contribution in [2.24, 2.45) is 5.92 Å². The molecule has 1 aliphatic heterocycles. The predicted molar refractivity (Wildman–Crippen MR) is 109 cm³/mol. The lowest BCUT2D eigenvalue weighted by molar-refractivity contribution is -0.140. The van der Waals surface area contributed by atoms with Crippen LogP contribution in [0.15, 0.2) is 29.1 Å². The summed E-state index contributed by atoms with van der Waals surface area (Å²) in [5, 5.41) is 11.1. The molecule has 2 aromatic rings. The number of aliphatic hydroxyl groups is 1. The molecule has 2 unspecified atom stereocenters. The molecule has 150 valence electrons. The van der Waals surface area contributed by atoms with Crippen LogP contribution in [-0.4, -0.2) is 58.1 Å². The number of amides is 1. The van der Waals surface area contributed by atoms with Gasteiger partial charge in [-0.3, -0.25) is 14.5 Å². The summed E-state index contributed by atoms with van der Waals surface area (Å²) in [4.78, 5) is 31.9. The molecule has 4 rings (SSSR count). The van der Waals surface area contributed by atoms with Crippen molar-refractivity contribution in [3.8, 4) is 0 Å². The number of carbonyl (C=O) groups excluding carboxylic acids is 1. The molecule has 1 amide bonds. The van der Waals surface area contributed by atoms with Crippen LogP contribution >= 0.6 is 0 Å². The highest BCUT2D eigenvalue weighted by atomic mass is 16.3. The third kappa shape index (κ3) is 3.84. The first kappa shape index (κ1) is 19.2. The summed E-state index contributed by atoms with van der Waals surface area (Å²) >= 11 is 0. The van der Waals surface area contributed by atoms with Crippen molar-refractivity contribution in [3.63, 3.8) is 0 Å². The first-order valence-electron chi connectivity index (χ1n) is 10.4. The highest BCUT2D eigenvalue weighted by Crippen LogP contribution is 2.27. The molecule has 1 aliphatic carbocycles. The molecule has 2 atom stereocenters. The number of fused-ring (bicyclic) bond motifs is 1. The number of hydrogen-bond acceptors (Lipinski definition) is 4. The summed E-state index contributed by atoms with van der Waals surface area (Å²) in [6.45, 7) is 5.89. The molecular weight excluding hydrogens is 354 g/mol. The molecule has 2 aliphatic rings. The Morgan fingerprint density at radius 1 is 1.18 bits per heavy atom. The van der Waals surface area contributed by atoms with Gasteiger partial charge < -0.3 is 15.0 Å². The lowest BCUT2D eigenvalue weighted by atomic mass is 10.0. The van der Waals surface area contributed by atoms with E-state index in [2.05, 4.69) is 28.1 Å². The van der Waals surface area contributed by atoms with Crippen LogP contribution in [-0.2, 0) is 17.8 Å². The van der Waals surface area contributed by atoms with Crippen molar-refractivity contribution >= 4 is 16.8 Å². The van der Waals surface area contributed by atoms with Gasteiger partial charge in [-0.2, -0.15) is 0 Å². The predicted octanol–water partition coefficient (Wildman–Crippen LogP) is 1.90. The Morgan fingerprint density at radius 2 is 1.96 bits per heavy atom. The van der Waals surface area contributed by atoms with Crippen molar-refractivity contribution in [2.75, 3.05) is 26.2 Å². The molecule has 1 saturated carbocycles. The Hall–Kier alpha value is -2.18. The maximum atomic E-state index is 12.6. The Bertz CT molecular complexity index is 915. The van der Waals surface area contributed by atoms with Gasteiger partial charge in [0.25, 0.3) is 5.56 Å². The molecule has 28 heavy (non-hydrogen) atoms. The second-order valence-corrected chi connectivity index (χ2v) is 8.11. The zero-order valence-corrected chi connectivity index (χ0v) is 16.5. The SMILES string of the molecule is CCc1cc2ccc(CN3CCN(C(=O)C4CCCC4O)CC3)cc2[nH]c1=O. The van der Waals surface area contributed by atoms with E-state index in [-0.39, 0.29) is 17.4 Å². The molecule has 1 aromatic heterocycles. The fourth-order valence-electron chi connectivity index (χ4n) is 4.50. The van der Waals surface area contributed by atoms with Gasteiger partial charge in [0, 0.05) is 43.8 Å². The monoisotopic (exact) mass is 383 g/mol. The average molecular weight is 383 g/mol. The smallest absolute Gasteiger partial charge is 0.251 e. The van der Waals surface area contributed by atoms with Crippen molar-refractivity contribution in [3.05, 3.63) is 45.7 Å². The fourth-order valence-corrected chi connectivity index (χ4v) is 4.50. The maximum absolute atomic E-state index is 12.6. The number of aromatic nitrogens is 1. The zero-order valence-electron chi connectivity index (χ0n) is 16.5. The van der Waals surface area contributed by atoms with Gasteiger partial charge in [-0.05, 0) is 48.8 Å². The van der Waals surface area contributed by atoms with Crippen LogP contribution < -0.4 is 5.56 Å². The largest absolute Gasteiger partial charge is 0.392 e. The molecule has 0 radical (unpaired) electrons. The number of H-pyrrole nitrogens is 1. The van der Waals surface area contributed by atoms with E-state index >= 15 is 0 Å². The molecule has 6 heteroatoms.